The summed E-state index contributed by atoms with van der Waals surface area (Å²) < 4.78 is 16.5. The lowest BCUT2D eigenvalue weighted by molar-refractivity contribution is 0.0914. The summed E-state index contributed by atoms with van der Waals surface area (Å²) in [5, 5.41) is 3.36. The van der Waals surface area contributed by atoms with E-state index < -0.39 is 0 Å². The number of ether oxygens (including phenoxy) is 3. The number of hydrogen-bond donors (Lipinski definition) is 1. The highest BCUT2D eigenvalue weighted by Crippen LogP contribution is 2.30. The molecule has 1 amide bonds. The SMILES string of the molecule is CCOC(=O)N1CCN(C(=NC)NCc2ccc(Oc3ccccc3OCC)nc2)CC1. The van der Waals surface area contributed by atoms with Gasteiger partial charge in [0.15, 0.2) is 17.5 Å². The van der Waals surface area contributed by atoms with Crippen molar-refractivity contribution in [3.8, 4) is 17.4 Å². The second-order valence-electron chi connectivity index (χ2n) is 7.06. The Morgan fingerprint density at radius 2 is 1.75 bits per heavy atom. The van der Waals surface area contributed by atoms with Gasteiger partial charge >= 0.3 is 6.09 Å². The number of carbonyl (C=O) groups is 1. The van der Waals surface area contributed by atoms with Crippen LogP contribution in [0.25, 0.3) is 0 Å². The van der Waals surface area contributed by atoms with E-state index in [1.165, 1.54) is 0 Å². The van der Waals surface area contributed by atoms with Crippen LogP contribution >= 0.6 is 0 Å². The Morgan fingerprint density at radius 1 is 1.03 bits per heavy atom. The zero-order valence-corrected chi connectivity index (χ0v) is 18.9. The lowest BCUT2D eigenvalue weighted by Crippen LogP contribution is -2.53. The first kappa shape index (κ1) is 23.2. The summed E-state index contributed by atoms with van der Waals surface area (Å²) >= 11 is 0. The molecular weight excluding hydrogens is 410 g/mol. The molecule has 172 valence electrons. The number of benzene rings is 1. The molecular formula is C23H31N5O4. The fourth-order valence-electron chi connectivity index (χ4n) is 3.33. The van der Waals surface area contributed by atoms with E-state index in [9.17, 15) is 4.79 Å². The summed E-state index contributed by atoms with van der Waals surface area (Å²) in [6, 6.07) is 11.3. The first-order valence-electron chi connectivity index (χ1n) is 10.9. The van der Waals surface area contributed by atoms with Crippen LogP contribution in [0.2, 0.25) is 0 Å². The number of aromatic nitrogens is 1. The predicted molar refractivity (Wildman–Crippen MR) is 122 cm³/mol. The fourth-order valence-corrected chi connectivity index (χ4v) is 3.33. The molecule has 1 fully saturated rings. The molecule has 0 atom stereocenters. The van der Waals surface area contributed by atoms with E-state index >= 15 is 0 Å². The van der Waals surface area contributed by atoms with E-state index in [0.717, 1.165) is 11.5 Å². The number of amides is 1. The molecule has 1 saturated heterocycles. The third-order valence-corrected chi connectivity index (χ3v) is 4.93. The standard InChI is InChI=1S/C23H31N5O4/c1-4-30-19-8-6-7-9-20(19)32-21-11-10-18(16-25-21)17-26-22(24-3)27-12-14-28(15-13-27)23(29)31-5-2/h6-11,16H,4-5,12-15,17H2,1-3H3,(H,24,26). The minimum Gasteiger partial charge on any atom is -0.490 e. The van der Waals surface area contributed by atoms with Crippen molar-refractivity contribution >= 4 is 12.1 Å². The minimum atomic E-state index is -0.257. The van der Waals surface area contributed by atoms with Crippen LogP contribution in [0, 0.1) is 0 Å². The molecule has 9 heteroatoms. The van der Waals surface area contributed by atoms with Crippen LogP contribution < -0.4 is 14.8 Å². The van der Waals surface area contributed by atoms with Gasteiger partial charge in [-0.1, -0.05) is 18.2 Å². The second kappa shape index (κ2) is 11.8. The zero-order valence-electron chi connectivity index (χ0n) is 18.9. The Bertz CT molecular complexity index is 896. The molecule has 0 aliphatic carbocycles. The molecule has 0 bridgehead atoms. The largest absolute Gasteiger partial charge is 0.490 e. The lowest BCUT2D eigenvalue weighted by atomic mass is 10.3. The van der Waals surface area contributed by atoms with E-state index in [1.807, 2.05) is 50.2 Å². The topological polar surface area (TPSA) is 88.5 Å². The zero-order chi connectivity index (χ0) is 22.8. The normalized spacial score (nSPS) is 14.2. The van der Waals surface area contributed by atoms with Crippen LogP contribution in [0.5, 0.6) is 17.4 Å². The predicted octanol–water partition coefficient (Wildman–Crippen LogP) is 3.12. The maximum atomic E-state index is 11.9. The second-order valence-corrected chi connectivity index (χ2v) is 7.06. The van der Waals surface area contributed by atoms with Crippen LogP contribution in [0.1, 0.15) is 19.4 Å². The van der Waals surface area contributed by atoms with Gasteiger partial charge in [0.1, 0.15) is 0 Å². The van der Waals surface area contributed by atoms with Gasteiger partial charge in [-0.25, -0.2) is 9.78 Å². The number of para-hydroxylation sites is 2. The van der Waals surface area contributed by atoms with Gasteiger partial charge in [0.05, 0.1) is 13.2 Å². The Kier molecular flexibility index (Phi) is 8.53. The van der Waals surface area contributed by atoms with Crippen molar-refractivity contribution in [3.63, 3.8) is 0 Å². The van der Waals surface area contributed by atoms with E-state index in [1.54, 1.807) is 18.1 Å². The number of nitrogens with one attached hydrogen (secondary N) is 1. The highest BCUT2D eigenvalue weighted by Gasteiger charge is 2.23. The minimum absolute atomic E-state index is 0.257. The molecule has 3 rings (SSSR count). The van der Waals surface area contributed by atoms with Gasteiger partial charge in [0.25, 0.3) is 0 Å². The van der Waals surface area contributed by atoms with Gasteiger partial charge in [0.2, 0.25) is 5.88 Å². The highest BCUT2D eigenvalue weighted by molar-refractivity contribution is 5.80. The number of rotatable bonds is 7. The van der Waals surface area contributed by atoms with Gasteiger partial charge in [-0.05, 0) is 31.5 Å². The summed E-state index contributed by atoms with van der Waals surface area (Å²) in [6.45, 7) is 7.89. The Hall–Kier alpha value is -3.49. The molecule has 0 radical (unpaired) electrons. The quantitative estimate of drug-likeness (QED) is 0.522. The van der Waals surface area contributed by atoms with Crippen molar-refractivity contribution in [2.24, 2.45) is 4.99 Å². The number of piperazine rings is 1. The lowest BCUT2D eigenvalue weighted by Gasteiger charge is -2.35. The summed E-state index contributed by atoms with van der Waals surface area (Å²) in [5.41, 5.74) is 1.00. The molecule has 1 aromatic carbocycles. The van der Waals surface area contributed by atoms with E-state index in [-0.39, 0.29) is 6.09 Å². The van der Waals surface area contributed by atoms with Crippen LogP contribution in [0.4, 0.5) is 4.79 Å². The molecule has 1 aliphatic rings. The number of aliphatic imine (C=N–C) groups is 1. The van der Waals surface area contributed by atoms with Crippen molar-refractivity contribution in [1.29, 1.82) is 0 Å². The molecule has 0 saturated carbocycles. The average molecular weight is 442 g/mol. The Balaban J connectivity index is 1.51. The maximum Gasteiger partial charge on any atom is 0.409 e. The Morgan fingerprint density at radius 3 is 2.38 bits per heavy atom. The number of nitrogens with zero attached hydrogens (tertiary/aromatic N) is 4. The smallest absolute Gasteiger partial charge is 0.409 e. The fraction of sp³-hybridized carbons (Fsp3) is 0.435. The van der Waals surface area contributed by atoms with Crippen LogP contribution in [0.15, 0.2) is 47.6 Å². The van der Waals surface area contributed by atoms with E-state index in [4.69, 9.17) is 14.2 Å². The van der Waals surface area contributed by atoms with Gasteiger partial charge in [-0.3, -0.25) is 4.99 Å². The van der Waals surface area contributed by atoms with Gasteiger partial charge < -0.3 is 29.3 Å². The molecule has 1 aromatic heterocycles. The average Bonchev–Trinajstić information content (AvgIpc) is 2.82. The number of hydrogen-bond acceptors (Lipinski definition) is 6. The van der Waals surface area contributed by atoms with Crippen molar-refractivity contribution in [2.75, 3.05) is 46.4 Å². The van der Waals surface area contributed by atoms with Crippen molar-refractivity contribution in [1.82, 2.24) is 20.1 Å². The van der Waals surface area contributed by atoms with Crippen LogP contribution in [0.3, 0.4) is 0 Å². The summed E-state index contributed by atoms with van der Waals surface area (Å²) in [6.07, 6.45) is 1.52. The van der Waals surface area contributed by atoms with Gasteiger partial charge in [-0.15, -0.1) is 0 Å². The van der Waals surface area contributed by atoms with Crippen molar-refractivity contribution < 1.29 is 19.0 Å². The highest BCUT2D eigenvalue weighted by atomic mass is 16.6. The number of carbonyl (C=O) groups excluding carboxylic acids is 1. The first-order valence-corrected chi connectivity index (χ1v) is 10.9. The molecule has 0 unspecified atom stereocenters. The molecule has 1 N–H and O–H groups in total. The van der Waals surface area contributed by atoms with E-state index in [2.05, 4.69) is 20.2 Å². The van der Waals surface area contributed by atoms with Crippen LogP contribution in [-0.4, -0.2) is 73.3 Å². The monoisotopic (exact) mass is 441 g/mol. The van der Waals surface area contributed by atoms with Crippen molar-refractivity contribution in [2.45, 2.75) is 20.4 Å². The summed E-state index contributed by atoms with van der Waals surface area (Å²) in [7, 11) is 1.76. The third-order valence-electron chi connectivity index (χ3n) is 4.93. The van der Waals surface area contributed by atoms with Crippen molar-refractivity contribution in [3.05, 3.63) is 48.2 Å². The van der Waals surface area contributed by atoms with Gasteiger partial charge in [-0.2, -0.15) is 0 Å². The Labute approximate surface area is 189 Å². The first-order chi connectivity index (χ1) is 15.6. The molecule has 2 aromatic rings. The summed E-state index contributed by atoms with van der Waals surface area (Å²) in [5.74, 6) is 2.62. The molecule has 9 nitrogen and oxygen atoms in total. The number of guanidine groups is 1. The van der Waals surface area contributed by atoms with Gasteiger partial charge in [0, 0.05) is 52.0 Å². The third kappa shape index (κ3) is 6.26. The molecule has 1 aliphatic heterocycles. The molecule has 32 heavy (non-hydrogen) atoms. The number of pyridine rings is 1. The van der Waals surface area contributed by atoms with E-state index in [0.29, 0.717) is 63.3 Å². The molecule has 2 heterocycles. The maximum absolute atomic E-state index is 11.9. The summed E-state index contributed by atoms with van der Waals surface area (Å²) in [4.78, 5) is 24.5. The van der Waals surface area contributed by atoms with Crippen LogP contribution in [-0.2, 0) is 11.3 Å². The molecule has 0 spiro atoms.